The van der Waals surface area contributed by atoms with Crippen LogP contribution in [0, 0.1) is 22.6 Å². The number of halogens is 1. The molecule has 0 bridgehead atoms. The minimum atomic E-state index is -0.775. The van der Waals surface area contributed by atoms with Gasteiger partial charge in [-0.2, -0.15) is 5.26 Å². The van der Waals surface area contributed by atoms with Gasteiger partial charge in [0.1, 0.15) is 11.8 Å². The second kappa shape index (κ2) is 13.3. The molecule has 1 aromatic carbocycles. The number of hydrogen-bond donors (Lipinski definition) is 3. The summed E-state index contributed by atoms with van der Waals surface area (Å²) in [5.41, 5.74) is 8.08. The molecule has 2 aromatic heterocycles. The number of amides is 2. The molecule has 5 rings (SSSR count). The van der Waals surface area contributed by atoms with E-state index >= 15 is 4.39 Å². The molecule has 2 heterocycles. The predicted octanol–water partition coefficient (Wildman–Crippen LogP) is 8.08. The van der Waals surface area contributed by atoms with E-state index in [1.54, 1.807) is 6.92 Å². The smallest absolute Gasteiger partial charge is 0.321 e. The van der Waals surface area contributed by atoms with Crippen molar-refractivity contribution >= 4 is 44.3 Å². The molecule has 1 atom stereocenters. The Morgan fingerprint density at radius 1 is 1.24 bits per heavy atom. The van der Waals surface area contributed by atoms with Crippen molar-refractivity contribution in [3.63, 3.8) is 0 Å². The standard InChI is InChI=1S/C35H32FN5O3S/c1-4-38-33(44)41-34-40-29-18-25(17-27(31(29)45-34)30-28(36)16-22(19-37)20-39-30)23-8-5-6-10-26(21(2)11-12-23)24-9-7-14-35(3,15-13-24)32(42)43/h6,8-9,11-12,16-18,20H,2,4-5,7,13-15H2,1,3H3,(H,42,43)(H2,38,40,41,44). The number of carboxylic acid groups (broad SMARTS) is 1. The maximum atomic E-state index is 15.3. The first kappa shape index (κ1) is 31.3. The molecule has 3 aromatic rings. The van der Waals surface area contributed by atoms with Crippen molar-refractivity contribution in [2.45, 2.75) is 46.0 Å². The molecule has 0 saturated heterocycles. The van der Waals surface area contributed by atoms with Crippen LogP contribution in [0.1, 0.15) is 57.1 Å². The van der Waals surface area contributed by atoms with Crippen LogP contribution in [0.4, 0.5) is 14.3 Å². The highest BCUT2D eigenvalue weighted by Crippen LogP contribution is 2.40. The summed E-state index contributed by atoms with van der Waals surface area (Å²) in [6, 6.07) is 6.39. The van der Waals surface area contributed by atoms with Crippen molar-refractivity contribution in [1.29, 1.82) is 5.26 Å². The summed E-state index contributed by atoms with van der Waals surface area (Å²) in [5, 5.41) is 24.7. The molecular formula is C35H32FN5O3S. The lowest BCUT2D eigenvalue weighted by atomic mass is 9.81. The molecule has 2 aliphatic carbocycles. The van der Waals surface area contributed by atoms with Gasteiger partial charge in [0.15, 0.2) is 10.9 Å². The van der Waals surface area contributed by atoms with E-state index in [2.05, 4.69) is 39.0 Å². The summed E-state index contributed by atoms with van der Waals surface area (Å²) in [5.74, 6) is -1.41. The highest BCUT2D eigenvalue weighted by atomic mass is 32.1. The number of thiazole rings is 1. The number of carbonyl (C=O) groups excluding carboxylic acids is 1. The normalized spacial score (nSPS) is 18.4. The van der Waals surface area contributed by atoms with Gasteiger partial charge in [0.05, 0.1) is 21.2 Å². The van der Waals surface area contributed by atoms with Crippen molar-refractivity contribution in [2.75, 3.05) is 11.9 Å². The lowest BCUT2D eigenvalue weighted by Crippen LogP contribution is -2.28. The van der Waals surface area contributed by atoms with Crippen LogP contribution in [-0.4, -0.2) is 33.6 Å². The number of nitriles is 1. The zero-order valence-corrected chi connectivity index (χ0v) is 25.9. The molecule has 10 heteroatoms. The fourth-order valence-electron chi connectivity index (χ4n) is 5.37. The van der Waals surface area contributed by atoms with Gasteiger partial charge in [0.2, 0.25) is 0 Å². The molecule has 45 heavy (non-hydrogen) atoms. The number of carbonyl (C=O) groups is 2. The molecular weight excluding hydrogens is 589 g/mol. The maximum absolute atomic E-state index is 15.3. The number of nitrogens with zero attached hydrogens (tertiary/aromatic N) is 3. The highest BCUT2D eigenvalue weighted by Gasteiger charge is 2.34. The largest absolute Gasteiger partial charge is 0.481 e. The van der Waals surface area contributed by atoms with Crippen LogP contribution in [0.3, 0.4) is 0 Å². The van der Waals surface area contributed by atoms with E-state index in [0.717, 1.165) is 33.9 Å². The zero-order valence-electron chi connectivity index (χ0n) is 25.0. The minimum absolute atomic E-state index is 0.0728. The molecule has 0 radical (unpaired) electrons. The Kier molecular flexibility index (Phi) is 9.24. The number of pyridine rings is 1. The van der Waals surface area contributed by atoms with Gasteiger partial charge >= 0.3 is 12.0 Å². The van der Waals surface area contributed by atoms with Crippen LogP contribution in [0.25, 0.3) is 27.0 Å². The molecule has 2 amide bonds. The average molecular weight is 622 g/mol. The predicted molar refractivity (Wildman–Crippen MR) is 175 cm³/mol. The molecule has 0 aliphatic heterocycles. The SMILES string of the molecule is C=C1C=CC(c2cc(-c3ncc(C#N)cc3F)c3sc(NC(=O)NCC)nc3c2)=CCC=C=C1C1=CCCC(C)(C(=O)O)CC1. The van der Waals surface area contributed by atoms with Gasteiger partial charge in [-0.1, -0.05) is 42.2 Å². The van der Waals surface area contributed by atoms with E-state index in [4.69, 9.17) is 0 Å². The number of aromatic nitrogens is 2. The summed E-state index contributed by atoms with van der Waals surface area (Å²) in [7, 11) is 0. The molecule has 0 fully saturated rings. The van der Waals surface area contributed by atoms with Gasteiger partial charge in [-0.25, -0.2) is 14.2 Å². The van der Waals surface area contributed by atoms with E-state index in [1.807, 2.05) is 49.4 Å². The second-order valence-electron chi connectivity index (χ2n) is 11.2. The Labute approximate surface area is 264 Å². The molecule has 228 valence electrons. The number of rotatable bonds is 6. The number of carboxylic acids is 1. The Balaban J connectivity index is 1.52. The third kappa shape index (κ3) is 6.86. The number of hydrogen-bond acceptors (Lipinski definition) is 6. The summed E-state index contributed by atoms with van der Waals surface area (Å²) >= 11 is 1.21. The number of fused-ring (bicyclic) bond motifs is 1. The van der Waals surface area contributed by atoms with Gasteiger partial charge < -0.3 is 10.4 Å². The van der Waals surface area contributed by atoms with E-state index in [-0.39, 0.29) is 11.3 Å². The quantitative estimate of drug-likeness (QED) is 0.239. The molecule has 3 N–H and O–H groups in total. The third-order valence-electron chi connectivity index (χ3n) is 7.96. The lowest BCUT2D eigenvalue weighted by Gasteiger charge is -2.22. The van der Waals surface area contributed by atoms with Gasteiger partial charge in [-0.3, -0.25) is 15.1 Å². The molecule has 0 spiro atoms. The second-order valence-corrected chi connectivity index (χ2v) is 12.2. The molecule has 2 aliphatic rings. The van der Waals surface area contributed by atoms with Gasteiger partial charge in [0, 0.05) is 23.9 Å². The number of aliphatic carboxylic acids is 1. The summed E-state index contributed by atoms with van der Waals surface area (Å²) in [4.78, 5) is 33.0. The molecule has 8 nitrogen and oxygen atoms in total. The van der Waals surface area contributed by atoms with Crippen molar-refractivity contribution in [2.24, 2.45) is 5.41 Å². The third-order valence-corrected chi connectivity index (χ3v) is 8.98. The van der Waals surface area contributed by atoms with Crippen LogP contribution < -0.4 is 10.6 Å². The first-order valence-corrected chi connectivity index (χ1v) is 15.4. The topological polar surface area (TPSA) is 128 Å². The van der Waals surface area contributed by atoms with E-state index < -0.39 is 23.2 Å². The Morgan fingerprint density at radius 3 is 2.80 bits per heavy atom. The first-order chi connectivity index (χ1) is 21.6. The van der Waals surface area contributed by atoms with Crippen molar-refractivity contribution in [3.8, 4) is 17.3 Å². The summed E-state index contributed by atoms with van der Waals surface area (Å²) in [6.45, 7) is 8.36. The number of nitrogens with one attached hydrogen (secondary N) is 2. The van der Waals surface area contributed by atoms with Gasteiger partial charge in [-0.15, -0.1) is 5.73 Å². The van der Waals surface area contributed by atoms with Crippen LogP contribution in [-0.2, 0) is 4.79 Å². The Morgan fingerprint density at radius 2 is 2.07 bits per heavy atom. The maximum Gasteiger partial charge on any atom is 0.321 e. The minimum Gasteiger partial charge on any atom is -0.481 e. The first-order valence-electron chi connectivity index (χ1n) is 14.6. The molecule has 0 saturated carbocycles. The lowest BCUT2D eigenvalue weighted by molar-refractivity contribution is -0.148. The number of urea groups is 1. The van der Waals surface area contributed by atoms with Crippen molar-refractivity contribution in [1.82, 2.24) is 15.3 Å². The Hall–Kier alpha value is -5.10. The van der Waals surface area contributed by atoms with E-state index in [0.29, 0.717) is 59.6 Å². The number of anilines is 1. The summed E-state index contributed by atoms with van der Waals surface area (Å²) in [6.07, 6.45) is 14.2. The fraction of sp³-hybridized carbons (Fsp3) is 0.257. The number of allylic oxidation sites excluding steroid dienone is 8. The van der Waals surface area contributed by atoms with Crippen LogP contribution in [0.2, 0.25) is 0 Å². The van der Waals surface area contributed by atoms with Crippen LogP contribution in [0.5, 0.6) is 0 Å². The van der Waals surface area contributed by atoms with Gasteiger partial charge in [0.25, 0.3) is 0 Å². The van der Waals surface area contributed by atoms with E-state index in [9.17, 15) is 20.0 Å². The van der Waals surface area contributed by atoms with Crippen molar-refractivity contribution < 1.29 is 19.1 Å². The van der Waals surface area contributed by atoms with E-state index in [1.165, 1.54) is 17.5 Å². The monoisotopic (exact) mass is 621 g/mol. The van der Waals surface area contributed by atoms with Crippen LogP contribution in [0.15, 0.2) is 83.8 Å². The summed E-state index contributed by atoms with van der Waals surface area (Å²) < 4.78 is 15.9. The fourth-order valence-corrected chi connectivity index (χ4v) is 6.32. The van der Waals surface area contributed by atoms with Crippen LogP contribution >= 0.6 is 11.3 Å². The molecule has 1 unspecified atom stereocenters. The average Bonchev–Trinajstić information content (AvgIpc) is 3.34. The van der Waals surface area contributed by atoms with Crippen molar-refractivity contribution in [3.05, 3.63) is 101 Å². The zero-order chi connectivity index (χ0) is 32.1. The Bertz CT molecular complexity index is 1920. The number of benzene rings is 1. The highest BCUT2D eigenvalue weighted by molar-refractivity contribution is 7.22. The van der Waals surface area contributed by atoms with Gasteiger partial charge in [-0.05, 0) is 92.5 Å².